The molecule has 0 aromatic carbocycles. The van der Waals surface area contributed by atoms with Crippen LogP contribution in [0.5, 0.6) is 0 Å². The molecule has 3 N–H and O–H groups in total. The zero-order valence-electron chi connectivity index (χ0n) is 40.2. The summed E-state index contributed by atoms with van der Waals surface area (Å²) in [4.78, 5) is 14.4. The Morgan fingerprint density at radius 2 is 1.66 bits per heavy atom. The third-order valence-corrected chi connectivity index (χ3v) is 14.5. The number of aliphatic hydroxyl groups is 3. The van der Waals surface area contributed by atoms with Gasteiger partial charge in [-0.1, -0.05) is 64.5 Å². The second-order valence-corrected chi connectivity index (χ2v) is 19.0. The van der Waals surface area contributed by atoms with E-state index in [0.29, 0.717) is 30.4 Å². The van der Waals surface area contributed by atoms with E-state index in [1.807, 2.05) is 39.8 Å². The van der Waals surface area contributed by atoms with Crippen molar-refractivity contribution in [3.8, 4) is 0 Å². The molecule has 14 nitrogen and oxygen atoms in total. The van der Waals surface area contributed by atoms with Crippen molar-refractivity contribution >= 4 is 5.97 Å². The van der Waals surface area contributed by atoms with Gasteiger partial charge < -0.3 is 62.7 Å². The fourth-order valence-corrected chi connectivity index (χ4v) is 10.6. The Kier molecular flexibility index (Phi) is 14.4. The predicted molar refractivity (Wildman–Crippen MR) is 227 cm³/mol. The zero-order valence-corrected chi connectivity index (χ0v) is 38.2. The van der Waals surface area contributed by atoms with Gasteiger partial charge >= 0.3 is 5.97 Å². The number of hydrogen-bond acceptors (Lipinski definition) is 14. The van der Waals surface area contributed by atoms with E-state index in [2.05, 4.69) is 19.9 Å². The SMILES string of the molecule is [2H]C1[C@H](C)[C@@H]([C@H](C)CC)O[C@@]2(C[C@@H]3C[C@@H](C/C=C(\C)[C@@H](O[C@H]4C[C@H](OC)[C@@H](O[C@H]5C[C@H](OC)[C@@H](O)[C@H](C)O5)[C@H](C)O4)[C@@H](C)/C=C/C=C4\CO[C@@H]5[C@H](O)C(C)=CC(C(=O)O3)[C@]45O)O2)[C@H]1[2H]. The largest absolute Gasteiger partial charge is 0.462 e. The molecule has 0 saturated carbocycles. The second kappa shape index (κ2) is 19.8. The highest BCUT2D eigenvalue weighted by atomic mass is 16.7. The van der Waals surface area contributed by atoms with Gasteiger partial charge in [0.2, 0.25) is 0 Å². The van der Waals surface area contributed by atoms with Crippen LogP contribution in [0, 0.1) is 23.7 Å². The van der Waals surface area contributed by atoms with Gasteiger partial charge in [-0.15, -0.1) is 0 Å². The first-order chi connectivity index (χ1) is 30.3. The van der Waals surface area contributed by atoms with Crippen molar-refractivity contribution in [2.24, 2.45) is 23.7 Å². The number of aliphatic hydroxyl groups excluding tert-OH is 2. The molecule has 14 heteroatoms. The maximum absolute atomic E-state index is 14.4. The Bertz CT molecular complexity index is 1760. The van der Waals surface area contributed by atoms with Crippen LogP contribution in [0.25, 0.3) is 0 Å². The number of ether oxygens (including phenoxy) is 10. The minimum absolute atomic E-state index is 0.00937. The number of methoxy groups -OCH3 is 2. The van der Waals surface area contributed by atoms with Gasteiger partial charge in [-0.3, -0.25) is 4.79 Å². The molecule has 62 heavy (non-hydrogen) atoms. The molecular weight excluding hydrogens is 801 g/mol. The monoisotopic (exact) mass is 877 g/mol. The van der Waals surface area contributed by atoms with E-state index in [4.69, 9.17) is 47.4 Å². The lowest BCUT2D eigenvalue weighted by Crippen LogP contribution is -2.58. The number of carbonyl (C=O) groups is 1. The highest BCUT2D eigenvalue weighted by Crippen LogP contribution is 2.48. The van der Waals surface area contributed by atoms with Crippen molar-refractivity contribution in [2.45, 2.75) is 204 Å². The minimum atomic E-state index is -1.90. The average Bonchev–Trinajstić information content (AvgIpc) is 3.61. The molecule has 6 heterocycles. The van der Waals surface area contributed by atoms with Gasteiger partial charge in [0.15, 0.2) is 18.4 Å². The average molecular weight is 877 g/mol. The van der Waals surface area contributed by atoms with Crippen LogP contribution < -0.4 is 0 Å². The van der Waals surface area contributed by atoms with Crippen LogP contribution in [0.4, 0.5) is 0 Å². The van der Waals surface area contributed by atoms with Gasteiger partial charge in [0, 0.05) is 55.0 Å². The van der Waals surface area contributed by atoms with Crippen LogP contribution in [0.15, 0.2) is 47.1 Å². The van der Waals surface area contributed by atoms with Crippen molar-refractivity contribution in [3.05, 3.63) is 47.1 Å². The summed E-state index contributed by atoms with van der Waals surface area (Å²) in [7, 11) is 3.19. The number of allylic oxidation sites excluding steroid dienone is 2. The van der Waals surface area contributed by atoms with Crippen molar-refractivity contribution < 1.29 is 70.2 Å². The quantitative estimate of drug-likeness (QED) is 0.204. The van der Waals surface area contributed by atoms with Crippen molar-refractivity contribution in [1.82, 2.24) is 0 Å². The lowest BCUT2D eigenvalue weighted by Gasteiger charge is -2.51. The Morgan fingerprint density at radius 1 is 0.952 bits per heavy atom. The third-order valence-electron chi connectivity index (χ3n) is 14.5. The molecular formula is C48H74O14. The van der Waals surface area contributed by atoms with Crippen LogP contribution >= 0.6 is 0 Å². The molecule has 1 spiro atoms. The topological polar surface area (TPSA) is 170 Å². The number of esters is 1. The van der Waals surface area contributed by atoms with E-state index in [9.17, 15) is 22.9 Å². The first kappa shape index (κ1) is 45.1. The summed E-state index contributed by atoms with van der Waals surface area (Å²) in [5.74, 6) is -3.77. The van der Waals surface area contributed by atoms with Gasteiger partial charge in [0.05, 0.1) is 49.3 Å². The van der Waals surface area contributed by atoms with E-state index >= 15 is 0 Å². The molecule has 350 valence electrons. The Labute approximate surface area is 371 Å². The minimum Gasteiger partial charge on any atom is -0.462 e. The van der Waals surface area contributed by atoms with E-state index in [1.54, 1.807) is 40.2 Å². The van der Waals surface area contributed by atoms with Crippen LogP contribution in [-0.4, -0.2) is 139 Å². The molecule has 2 bridgehead atoms. The fraction of sp³-hybridized carbons (Fsp3) is 0.812. The Hall–Kier alpha value is -2.05. The van der Waals surface area contributed by atoms with E-state index in [0.717, 1.165) is 12.0 Å². The summed E-state index contributed by atoms with van der Waals surface area (Å²) < 4.78 is 82.1. The summed E-state index contributed by atoms with van der Waals surface area (Å²) in [5.41, 5.74) is -0.0927. The fourth-order valence-electron chi connectivity index (χ4n) is 10.6. The normalized spacial score (nSPS) is 52.2. The molecule has 0 aromatic rings. The number of carbonyl (C=O) groups excluding carboxylic acids is 1. The lowest BCUT2D eigenvalue weighted by molar-refractivity contribution is -0.340. The van der Waals surface area contributed by atoms with E-state index in [-0.39, 0.29) is 43.3 Å². The Balaban J connectivity index is 1.20. The highest BCUT2D eigenvalue weighted by Gasteiger charge is 2.60. The first-order valence-electron chi connectivity index (χ1n) is 24.0. The number of rotatable bonds is 8. The van der Waals surface area contributed by atoms with Crippen molar-refractivity contribution in [3.63, 3.8) is 0 Å². The maximum Gasteiger partial charge on any atom is 0.316 e. The molecule has 0 amide bonds. The van der Waals surface area contributed by atoms with Crippen LogP contribution in [0.2, 0.25) is 0 Å². The summed E-state index contributed by atoms with van der Waals surface area (Å²) >= 11 is 0. The molecule has 22 atom stereocenters. The highest BCUT2D eigenvalue weighted by molar-refractivity contribution is 5.78. The molecule has 2 unspecified atom stereocenters. The molecule has 7 aliphatic rings. The number of hydrogen-bond donors (Lipinski definition) is 3. The van der Waals surface area contributed by atoms with Crippen LogP contribution in [0.3, 0.4) is 0 Å². The van der Waals surface area contributed by atoms with Crippen LogP contribution in [-0.2, 0) is 52.2 Å². The van der Waals surface area contributed by atoms with Crippen LogP contribution in [0.1, 0.15) is 109 Å². The lowest BCUT2D eigenvalue weighted by atomic mass is 9.71. The molecule has 7 rings (SSSR count). The standard InChI is InChI=1S/C48H74O14/c1-11-25(2)43-28(5)17-18-47(62-43)23-34-20-33(61-47)16-15-27(4)42(26(3)13-12-14-32-24-55-45-40(49)29(6)19-35(46(51)58-34)48(32,45)52)59-39-22-37(54-10)44(31(8)57-39)60-38-21-36(53-9)41(50)30(7)56-38/h12-15,19,25-26,28,30-31,33-45,49-50,52H,11,16-18,20-24H2,1-10H3/b13-12+,27-15+,32-14+/t25-,26+,28+,30+,31+,33-,34+,35?,36+,37+,38+,39+,40-,41+,42+,43-,44+,45-,47-,48-/m1/s1/i17D,18D/t17?,18-,25+,26-,28-,30-,31-,33+,34-,35?,36-,37-,38-,39-,40+,41-,42-,43+,44-,45+,47+,48+/m0. The molecule has 1 aliphatic carbocycles. The first-order valence-corrected chi connectivity index (χ1v) is 22.9. The van der Waals surface area contributed by atoms with Crippen molar-refractivity contribution in [1.29, 1.82) is 0 Å². The van der Waals surface area contributed by atoms with E-state index in [1.165, 1.54) is 0 Å². The maximum atomic E-state index is 14.4. The Morgan fingerprint density at radius 3 is 2.39 bits per heavy atom. The number of fused-ring (bicyclic) bond motifs is 2. The predicted octanol–water partition coefficient (Wildman–Crippen LogP) is 5.60. The van der Waals surface area contributed by atoms with Gasteiger partial charge in [0.1, 0.15) is 42.0 Å². The summed E-state index contributed by atoms with van der Waals surface area (Å²) in [6.45, 7) is 15.5. The van der Waals surface area contributed by atoms with Gasteiger partial charge in [-0.25, -0.2) is 0 Å². The third kappa shape index (κ3) is 9.73. The molecule has 5 saturated heterocycles. The molecule has 6 aliphatic heterocycles. The van der Waals surface area contributed by atoms with Gasteiger partial charge in [-0.05, 0) is 69.1 Å². The zero-order chi connectivity index (χ0) is 46.4. The summed E-state index contributed by atoms with van der Waals surface area (Å²) in [6, 6.07) is 0. The summed E-state index contributed by atoms with van der Waals surface area (Å²) in [5, 5.41) is 34.3. The molecule has 0 aromatic heterocycles. The molecule has 5 fully saturated rings. The van der Waals surface area contributed by atoms with Gasteiger partial charge in [-0.2, -0.15) is 0 Å². The van der Waals surface area contributed by atoms with Gasteiger partial charge in [0.25, 0.3) is 0 Å². The smallest absolute Gasteiger partial charge is 0.316 e. The second-order valence-electron chi connectivity index (χ2n) is 19.0. The van der Waals surface area contributed by atoms with Crippen molar-refractivity contribution in [2.75, 3.05) is 20.8 Å². The molecule has 0 radical (unpaired) electrons. The summed E-state index contributed by atoms with van der Waals surface area (Å²) in [6.07, 6.45) is 0.638. The van der Waals surface area contributed by atoms with E-state index < -0.39 is 116 Å².